The number of halogens is 1. The third-order valence-electron chi connectivity index (χ3n) is 6.14. The Bertz CT molecular complexity index is 822. The van der Waals surface area contributed by atoms with E-state index in [0.29, 0.717) is 36.4 Å². The van der Waals surface area contributed by atoms with E-state index in [4.69, 9.17) is 16.3 Å². The van der Waals surface area contributed by atoms with E-state index in [1.807, 2.05) is 4.90 Å². The molecule has 2 aliphatic carbocycles. The average Bonchev–Trinajstić information content (AvgIpc) is 3.39. The Labute approximate surface area is 168 Å². The van der Waals surface area contributed by atoms with Gasteiger partial charge in [0, 0.05) is 32.8 Å². The zero-order valence-corrected chi connectivity index (χ0v) is 16.7. The number of ether oxygens (including phenoxy) is 1. The van der Waals surface area contributed by atoms with Gasteiger partial charge < -0.3 is 19.9 Å². The normalized spacial score (nSPS) is 29.4. The van der Waals surface area contributed by atoms with E-state index in [1.165, 1.54) is 32.0 Å². The van der Waals surface area contributed by atoms with Crippen molar-refractivity contribution in [3.05, 3.63) is 33.2 Å². The van der Waals surface area contributed by atoms with Gasteiger partial charge in [-0.1, -0.05) is 11.6 Å². The van der Waals surface area contributed by atoms with Crippen molar-refractivity contribution in [3.8, 4) is 0 Å². The first-order chi connectivity index (χ1) is 13.4. The molecule has 28 heavy (non-hydrogen) atoms. The van der Waals surface area contributed by atoms with Gasteiger partial charge in [0.15, 0.2) is 0 Å². The lowest BCUT2D eigenvalue weighted by atomic mass is 9.77. The molecule has 2 N–H and O–H groups in total. The molecule has 0 unspecified atom stereocenters. The Morgan fingerprint density at radius 1 is 1.29 bits per heavy atom. The molecule has 0 aromatic carbocycles. The van der Waals surface area contributed by atoms with Crippen LogP contribution < -0.4 is 10.9 Å². The van der Waals surface area contributed by atoms with E-state index < -0.39 is 5.56 Å². The summed E-state index contributed by atoms with van der Waals surface area (Å²) in [6.45, 7) is 3.60. The van der Waals surface area contributed by atoms with Gasteiger partial charge in [-0.15, -0.1) is 0 Å². The number of H-pyrrole nitrogens is 1. The van der Waals surface area contributed by atoms with Crippen LogP contribution in [0.2, 0.25) is 5.02 Å². The van der Waals surface area contributed by atoms with Crippen LogP contribution in [0.3, 0.4) is 0 Å². The summed E-state index contributed by atoms with van der Waals surface area (Å²) in [5, 5.41) is 3.07. The summed E-state index contributed by atoms with van der Waals surface area (Å²) in [6, 6.07) is 1.42. The van der Waals surface area contributed by atoms with Crippen LogP contribution in [0.5, 0.6) is 0 Å². The van der Waals surface area contributed by atoms with E-state index >= 15 is 0 Å². The van der Waals surface area contributed by atoms with Crippen LogP contribution in [0, 0.1) is 17.8 Å². The number of aromatic nitrogens is 1. The molecule has 3 aliphatic rings. The standard InChI is InChI=1S/C20H26ClN3O4/c1-11(25)23-17-5-14-8-24(20(27)13-4-16(21)19(26)22-7-13)9-15(14)6-18(17)28-10-12-2-3-12/h4,7,12,14-15,17-18H,2-3,5-6,8-10H2,1H3,(H,22,26)(H,23,25)/t14-,15+,17-,18-/m1/s1. The minimum atomic E-state index is -0.401. The number of nitrogens with one attached hydrogen (secondary N) is 2. The van der Waals surface area contributed by atoms with Crippen molar-refractivity contribution in [1.29, 1.82) is 0 Å². The number of likely N-dealkylation sites (tertiary alicyclic amines) is 1. The quantitative estimate of drug-likeness (QED) is 0.778. The molecule has 152 valence electrons. The van der Waals surface area contributed by atoms with Crippen LogP contribution in [-0.2, 0) is 9.53 Å². The zero-order valence-electron chi connectivity index (χ0n) is 15.9. The maximum Gasteiger partial charge on any atom is 0.266 e. The monoisotopic (exact) mass is 407 g/mol. The Morgan fingerprint density at radius 2 is 2.00 bits per heavy atom. The molecule has 0 radical (unpaired) electrons. The largest absolute Gasteiger partial charge is 0.376 e. The Balaban J connectivity index is 1.44. The van der Waals surface area contributed by atoms with E-state index in [1.54, 1.807) is 0 Å². The number of amides is 2. The molecule has 3 fully saturated rings. The molecule has 2 amide bonds. The fourth-order valence-electron chi connectivity index (χ4n) is 4.48. The third kappa shape index (κ3) is 4.25. The predicted octanol–water partition coefficient (Wildman–Crippen LogP) is 1.81. The fourth-order valence-corrected chi connectivity index (χ4v) is 4.65. The number of pyridine rings is 1. The fraction of sp³-hybridized carbons (Fsp3) is 0.650. The van der Waals surface area contributed by atoms with Crippen LogP contribution >= 0.6 is 11.6 Å². The highest BCUT2D eigenvalue weighted by Crippen LogP contribution is 2.39. The first kappa shape index (κ1) is 19.5. The van der Waals surface area contributed by atoms with Crippen LogP contribution in [0.25, 0.3) is 0 Å². The number of rotatable bonds is 5. The zero-order chi connectivity index (χ0) is 19.8. The van der Waals surface area contributed by atoms with Crippen LogP contribution in [0.15, 0.2) is 17.1 Å². The molecule has 8 heteroatoms. The first-order valence-corrected chi connectivity index (χ1v) is 10.3. The topological polar surface area (TPSA) is 91.5 Å². The van der Waals surface area contributed by atoms with Gasteiger partial charge in [-0.2, -0.15) is 0 Å². The van der Waals surface area contributed by atoms with Gasteiger partial charge in [0.2, 0.25) is 5.91 Å². The predicted molar refractivity (Wildman–Crippen MR) is 104 cm³/mol. The molecule has 1 aromatic rings. The lowest BCUT2D eigenvalue weighted by Crippen LogP contribution is -2.50. The molecular formula is C20H26ClN3O4. The number of fused-ring (bicyclic) bond motifs is 1. The Morgan fingerprint density at radius 3 is 2.64 bits per heavy atom. The van der Waals surface area contributed by atoms with Gasteiger partial charge >= 0.3 is 0 Å². The van der Waals surface area contributed by atoms with Gasteiger partial charge in [0.25, 0.3) is 11.5 Å². The lowest BCUT2D eigenvalue weighted by Gasteiger charge is -2.38. The molecular weight excluding hydrogens is 382 g/mol. The Hall–Kier alpha value is -1.86. The van der Waals surface area contributed by atoms with Crippen LogP contribution in [0.4, 0.5) is 0 Å². The summed E-state index contributed by atoms with van der Waals surface area (Å²) < 4.78 is 6.16. The van der Waals surface area contributed by atoms with E-state index in [-0.39, 0.29) is 29.0 Å². The van der Waals surface area contributed by atoms with Crippen molar-refractivity contribution in [3.63, 3.8) is 0 Å². The first-order valence-electron chi connectivity index (χ1n) is 9.97. The summed E-state index contributed by atoms with van der Waals surface area (Å²) in [5.74, 6) is 1.19. The van der Waals surface area contributed by atoms with Gasteiger partial charge in [-0.3, -0.25) is 14.4 Å². The highest BCUT2D eigenvalue weighted by atomic mass is 35.5. The average molecular weight is 408 g/mol. The lowest BCUT2D eigenvalue weighted by molar-refractivity contribution is -0.122. The number of carbonyl (C=O) groups excluding carboxylic acids is 2. The highest BCUT2D eigenvalue weighted by Gasteiger charge is 2.44. The van der Waals surface area contributed by atoms with Crippen LogP contribution in [-0.4, -0.2) is 53.5 Å². The summed E-state index contributed by atoms with van der Waals surface area (Å²) in [5.41, 5.74) is -0.00898. The molecule has 1 saturated heterocycles. The molecule has 0 bridgehead atoms. The number of nitrogens with zero attached hydrogens (tertiary/aromatic N) is 1. The van der Waals surface area contributed by atoms with Gasteiger partial charge in [-0.25, -0.2) is 0 Å². The summed E-state index contributed by atoms with van der Waals surface area (Å²) in [4.78, 5) is 40.3. The Kier molecular flexibility index (Phi) is 5.47. The molecule has 1 aliphatic heterocycles. The molecule has 2 saturated carbocycles. The molecule has 4 atom stereocenters. The van der Waals surface area contributed by atoms with E-state index in [2.05, 4.69) is 10.3 Å². The second-order valence-corrected chi connectivity index (χ2v) is 8.80. The second-order valence-electron chi connectivity index (χ2n) is 8.39. The number of aromatic amines is 1. The summed E-state index contributed by atoms with van der Waals surface area (Å²) >= 11 is 5.87. The molecule has 0 spiro atoms. The summed E-state index contributed by atoms with van der Waals surface area (Å²) in [6.07, 6.45) is 5.54. The van der Waals surface area contributed by atoms with Crippen molar-refractivity contribution in [1.82, 2.24) is 15.2 Å². The van der Waals surface area contributed by atoms with Gasteiger partial charge in [0.1, 0.15) is 5.02 Å². The SMILES string of the molecule is CC(=O)N[C@@H]1C[C@@H]2CN(C(=O)c3c[nH]c(=O)c(Cl)c3)C[C@@H]2C[C@H]1OCC1CC1. The molecule has 1 aromatic heterocycles. The minimum absolute atomic E-state index is 0.00308. The van der Waals surface area contributed by atoms with Crippen molar-refractivity contribution in [2.45, 2.75) is 44.8 Å². The third-order valence-corrected chi connectivity index (χ3v) is 6.42. The number of hydrogen-bond donors (Lipinski definition) is 2. The molecule has 2 heterocycles. The van der Waals surface area contributed by atoms with Crippen molar-refractivity contribution in [2.75, 3.05) is 19.7 Å². The van der Waals surface area contributed by atoms with E-state index in [0.717, 1.165) is 19.4 Å². The maximum absolute atomic E-state index is 12.9. The van der Waals surface area contributed by atoms with Crippen molar-refractivity contribution < 1.29 is 14.3 Å². The molecule has 4 rings (SSSR count). The maximum atomic E-state index is 12.9. The smallest absolute Gasteiger partial charge is 0.266 e. The second kappa shape index (κ2) is 7.87. The van der Waals surface area contributed by atoms with E-state index in [9.17, 15) is 14.4 Å². The van der Waals surface area contributed by atoms with Gasteiger partial charge in [-0.05, 0) is 49.5 Å². The van der Waals surface area contributed by atoms with Crippen molar-refractivity contribution in [2.24, 2.45) is 17.8 Å². The number of hydrogen-bond acceptors (Lipinski definition) is 4. The number of carbonyl (C=O) groups is 2. The van der Waals surface area contributed by atoms with Gasteiger partial charge in [0.05, 0.1) is 17.7 Å². The van der Waals surface area contributed by atoms with Crippen molar-refractivity contribution >= 4 is 23.4 Å². The highest BCUT2D eigenvalue weighted by molar-refractivity contribution is 6.30. The minimum Gasteiger partial charge on any atom is -0.376 e. The molecule has 7 nitrogen and oxygen atoms in total. The van der Waals surface area contributed by atoms with Crippen LogP contribution in [0.1, 0.15) is 43.0 Å². The summed E-state index contributed by atoms with van der Waals surface area (Å²) in [7, 11) is 0.